The van der Waals surface area contributed by atoms with Crippen molar-refractivity contribution < 1.29 is 9.90 Å². The highest BCUT2D eigenvalue weighted by molar-refractivity contribution is 5.96. The molecule has 5 N–H and O–H groups in total. The molecule has 6 heteroatoms. The first-order valence-corrected chi connectivity index (χ1v) is 9.43. The summed E-state index contributed by atoms with van der Waals surface area (Å²) >= 11 is 0. The Morgan fingerprint density at radius 2 is 2.00 bits per heavy atom. The maximum Gasteiger partial charge on any atom is 0.254 e. The van der Waals surface area contributed by atoms with Crippen LogP contribution in [0, 0.1) is 12.3 Å². The molecular formula is C22H26N4O2. The van der Waals surface area contributed by atoms with E-state index in [-0.39, 0.29) is 17.5 Å². The number of nitrogens with one attached hydrogen (secondary N) is 2. The Bertz CT molecular complexity index is 915. The van der Waals surface area contributed by atoms with Crippen molar-refractivity contribution in [3.05, 3.63) is 64.7 Å². The molecule has 0 unspecified atom stereocenters. The number of nitrogens with two attached hydrogens (primary N) is 1. The number of benzene rings is 2. The summed E-state index contributed by atoms with van der Waals surface area (Å²) in [6.07, 6.45) is 6.08. The average Bonchev–Trinajstić information content (AvgIpc) is 3.20. The van der Waals surface area contributed by atoms with Gasteiger partial charge in [0.2, 0.25) is 0 Å². The van der Waals surface area contributed by atoms with Gasteiger partial charge in [-0.3, -0.25) is 10.2 Å². The number of carbonyl (C=O) groups excluding carboxylic acids is 1. The van der Waals surface area contributed by atoms with Crippen molar-refractivity contribution >= 4 is 23.5 Å². The van der Waals surface area contributed by atoms with Gasteiger partial charge in [-0.25, -0.2) is 0 Å². The van der Waals surface area contributed by atoms with E-state index in [1.807, 2.05) is 42.2 Å². The Kier molecular flexibility index (Phi) is 5.99. The third-order valence-corrected chi connectivity index (χ3v) is 4.90. The number of anilines is 1. The molecule has 0 spiro atoms. The van der Waals surface area contributed by atoms with Crippen molar-refractivity contribution in [2.75, 3.05) is 25.0 Å². The summed E-state index contributed by atoms with van der Waals surface area (Å²) in [6, 6.07) is 10.6. The van der Waals surface area contributed by atoms with Crippen LogP contribution in [0.25, 0.3) is 6.08 Å². The molecule has 2 aromatic rings. The van der Waals surface area contributed by atoms with Gasteiger partial charge in [-0.2, -0.15) is 0 Å². The van der Waals surface area contributed by atoms with Crippen LogP contribution in [0.15, 0.2) is 42.5 Å². The molecular weight excluding hydrogens is 352 g/mol. The van der Waals surface area contributed by atoms with Gasteiger partial charge in [0.25, 0.3) is 5.91 Å². The second-order valence-corrected chi connectivity index (χ2v) is 7.00. The Morgan fingerprint density at radius 1 is 1.25 bits per heavy atom. The van der Waals surface area contributed by atoms with Gasteiger partial charge in [-0.1, -0.05) is 24.3 Å². The molecule has 0 atom stereocenters. The SMILES string of the molecule is Cc1cc(C=CCNc2cc(C(=N)N)ccc2O)ccc1C(=O)N1CCCC1. The van der Waals surface area contributed by atoms with Crippen molar-refractivity contribution in [1.82, 2.24) is 4.90 Å². The second kappa shape index (κ2) is 8.61. The summed E-state index contributed by atoms with van der Waals surface area (Å²) in [5.74, 6) is 0.185. The zero-order valence-electron chi connectivity index (χ0n) is 16.0. The van der Waals surface area contributed by atoms with Crippen LogP contribution in [0.2, 0.25) is 0 Å². The van der Waals surface area contributed by atoms with E-state index in [1.54, 1.807) is 12.1 Å². The second-order valence-electron chi connectivity index (χ2n) is 7.00. The fourth-order valence-electron chi connectivity index (χ4n) is 3.33. The number of rotatable bonds is 6. The maximum absolute atomic E-state index is 12.6. The lowest BCUT2D eigenvalue weighted by Crippen LogP contribution is -2.28. The number of hydrogen-bond donors (Lipinski definition) is 4. The number of hydrogen-bond acceptors (Lipinski definition) is 4. The zero-order valence-corrected chi connectivity index (χ0v) is 16.0. The zero-order chi connectivity index (χ0) is 20.1. The maximum atomic E-state index is 12.6. The van der Waals surface area contributed by atoms with Crippen molar-refractivity contribution in [3.63, 3.8) is 0 Å². The van der Waals surface area contributed by atoms with Crippen LogP contribution in [-0.2, 0) is 0 Å². The van der Waals surface area contributed by atoms with E-state index in [2.05, 4.69) is 5.32 Å². The van der Waals surface area contributed by atoms with Crippen LogP contribution in [0.3, 0.4) is 0 Å². The smallest absolute Gasteiger partial charge is 0.254 e. The summed E-state index contributed by atoms with van der Waals surface area (Å²) in [5, 5.41) is 20.5. The summed E-state index contributed by atoms with van der Waals surface area (Å²) in [4.78, 5) is 14.5. The van der Waals surface area contributed by atoms with Gasteiger partial charge < -0.3 is 21.1 Å². The van der Waals surface area contributed by atoms with Gasteiger partial charge in [-0.05, 0) is 55.2 Å². The number of carbonyl (C=O) groups is 1. The molecule has 2 aromatic carbocycles. The van der Waals surface area contributed by atoms with E-state index < -0.39 is 0 Å². The van der Waals surface area contributed by atoms with Crippen LogP contribution < -0.4 is 11.1 Å². The van der Waals surface area contributed by atoms with Gasteiger partial charge in [0.1, 0.15) is 11.6 Å². The normalized spacial score (nSPS) is 13.8. The lowest BCUT2D eigenvalue weighted by Gasteiger charge is -2.16. The summed E-state index contributed by atoms with van der Waals surface area (Å²) in [5.41, 5.74) is 9.32. The molecule has 1 fully saturated rings. The fourth-order valence-corrected chi connectivity index (χ4v) is 3.33. The van der Waals surface area contributed by atoms with Crippen molar-refractivity contribution in [1.29, 1.82) is 5.41 Å². The average molecular weight is 378 g/mol. The lowest BCUT2D eigenvalue weighted by molar-refractivity contribution is 0.0792. The van der Waals surface area contributed by atoms with Gasteiger partial charge in [0.05, 0.1) is 5.69 Å². The third-order valence-electron chi connectivity index (χ3n) is 4.90. The number of amidine groups is 1. The minimum absolute atomic E-state index is 0.0439. The highest BCUT2D eigenvalue weighted by Gasteiger charge is 2.20. The third kappa shape index (κ3) is 4.52. The van der Waals surface area contributed by atoms with Gasteiger partial charge >= 0.3 is 0 Å². The largest absolute Gasteiger partial charge is 0.506 e. The minimum Gasteiger partial charge on any atom is -0.506 e. The highest BCUT2D eigenvalue weighted by atomic mass is 16.3. The number of amides is 1. The van der Waals surface area contributed by atoms with Gasteiger partial charge in [0.15, 0.2) is 0 Å². The fraction of sp³-hybridized carbons (Fsp3) is 0.273. The molecule has 1 saturated heterocycles. The number of aryl methyl sites for hydroxylation is 1. The standard InChI is InChI=1S/C22H26N4O2/c1-15-13-16(6-8-18(15)22(28)26-11-2-3-12-26)5-4-10-25-19-14-17(21(23)24)7-9-20(19)27/h4-9,13-14,25,27H,2-3,10-12H2,1H3,(H3,23,24). The first-order chi connectivity index (χ1) is 13.5. The minimum atomic E-state index is -0.0439. The molecule has 1 heterocycles. The van der Waals surface area contributed by atoms with Gasteiger partial charge in [-0.15, -0.1) is 0 Å². The number of phenolic OH excluding ortho intramolecular Hbond substituents is 1. The van der Waals surface area contributed by atoms with E-state index in [1.165, 1.54) is 6.07 Å². The monoisotopic (exact) mass is 378 g/mol. The molecule has 1 aliphatic rings. The molecule has 6 nitrogen and oxygen atoms in total. The topological polar surface area (TPSA) is 102 Å². The molecule has 0 bridgehead atoms. The number of aromatic hydroxyl groups is 1. The molecule has 3 rings (SSSR count). The molecule has 0 saturated carbocycles. The van der Waals surface area contributed by atoms with E-state index >= 15 is 0 Å². The highest BCUT2D eigenvalue weighted by Crippen LogP contribution is 2.24. The molecule has 0 radical (unpaired) electrons. The summed E-state index contributed by atoms with van der Waals surface area (Å²) in [6.45, 7) is 4.17. The number of nitrogens with zero attached hydrogens (tertiary/aromatic N) is 1. The van der Waals surface area contributed by atoms with Crippen molar-refractivity contribution in [3.8, 4) is 5.75 Å². The van der Waals surface area contributed by atoms with Gasteiger partial charge in [0, 0.05) is 30.8 Å². The molecule has 1 aliphatic heterocycles. The number of phenols is 1. The quantitative estimate of drug-likeness (QED) is 0.352. The molecule has 1 amide bonds. The van der Waals surface area contributed by atoms with E-state index in [0.717, 1.165) is 42.6 Å². The van der Waals surface area contributed by atoms with Crippen LogP contribution in [-0.4, -0.2) is 41.4 Å². The van der Waals surface area contributed by atoms with E-state index in [0.29, 0.717) is 17.8 Å². The first-order valence-electron chi connectivity index (χ1n) is 9.43. The first kappa shape index (κ1) is 19.5. The molecule has 0 aliphatic carbocycles. The van der Waals surface area contributed by atoms with Crippen molar-refractivity contribution in [2.45, 2.75) is 19.8 Å². The van der Waals surface area contributed by atoms with Crippen LogP contribution >= 0.6 is 0 Å². The predicted octanol–water partition coefficient (Wildman–Crippen LogP) is 3.35. The summed E-state index contributed by atoms with van der Waals surface area (Å²) in [7, 11) is 0. The van der Waals surface area contributed by atoms with Crippen LogP contribution in [0.1, 0.15) is 39.9 Å². The molecule has 0 aromatic heterocycles. The van der Waals surface area contributed by atoms with Crippen molar-refractivity contribution in [2.24, 2.45) is 5.73 Å². The van der Waals surface area contributed by atoms with E-state index in [9.17, 15) is 9.90 Å². The van der Waals surface area contributed by atoms with Crippen LogP contribution in [0.4, 0.5) is 5.69 Å². The Balaban J connectivity index is 1.62. The lowest BCUT2D eigenvalue weighted by atomic mass is 10.0. The van der Waals surface area contributed by atoms with Crippen LogP contribution in [0.5, 0.6) is 5.75 Å². The predicted molar refractivity (Wildman–Crippen MR) is 113 cm³/mol. The Morgan fingerprint density at radius 3 is 2.68 bits per heavy atom. The summed E-state index contributed by atoms with van der Waals surface area (Å²) < 4.78 is 0. The van der Waals surface area contributed by atoms with E-state index in [4.69, 9.17) is 11.1 Å². The molecule has 146 valence electrons. The number of likely N-dealkylation sites (tertiary alicyclic amines) is 1. The molecule has 28 heavy (non-hydrogen) atoms. The number of nitrogen functional groups attached to an aromatic ring is 1. The Labute approximate surface area is 165 Å². The Hall–Kier alpha value is -3.28.